The second kappa shape index (κ2) is 4.41. The Kier molecular flexibility index (Phi) is 2.85. The number of hydrogen-bond donors (Lipinski definition) is 3. The van der Waals surface area contributed by atoms with Gasteiger partial charge in [0.25, 0.3) is 5.56 Å². The molecule has 0 spiro atoms. The van der Waals surface area contributed by atoms with Crippen LogP contribution in [0.2, 0.25) is 0 Å². The molecule has 2 aliphatic heterocycles. The zero-order chi connectivity index (χ0) is 13.6. The summed E-state index contributed by atoms with van der Waals surface area (Å²) in [6.07, 6.45) is -0.677. The van der Waals surface area contributed by atoms with E-state index in [-0.39, 0.29) is 13.0 Å². The van der Waals surface area contributed by atoms with Crippen molar-refractivity contribution in [3.8, 4) is 0 Å². The van der Waals surface area contributed by atoms with Crippen LogP contribution < -0.4 is 11.2 Å². The van der Waals surface area contributed by atoms with Crippen LogP contribution in [0.4, 0.5) is 0 Å². The molecule has 1 aromatic rings. The van der Waals surface area contributed by atoms with Crippen molar-refractivity contribution in [1.82, 2.24) is 9.55 Å². The van der Waals surface area contributed by atoms with E-state index in [2.05, 4.69) is 9.98 Å². The molecular formula is C11H13N3O5. The Hall–Kier alpha value is -1.77. The molecule has 3 heterocycles. The second-order valence-corrected chi connectivity index (χ2v) is 4.59. The minimum absolute atomic E-state index is 0.184. The maximum absolute atomic E-state index is 11.8. The van der Waals surface area contributed by atoms with Gasteiger partial charge in [0.05, 0.1) is 30.5 Å². The molecule has 3 rings (SSSR count). The van der Waals surface area contributed by atoms with Crippen molar-refractivity contribution in [2.24, 2.45) is 4.99 Å². The Labute approximate surface area is 107 Å². The predicted molar refractivity (Wildman–Crippen MR) is 64.3 cm³/mol. The summed E-state index contributed by atoms with van der Waals surface area (Å²) >= 11 is 0. The van der Waals surface area contributed by atoms with Crippen LogP contribution >= 0.6 is 0 Å². The van der Waals surface area contributed by atoms with Gasteiger partial charge in [-0.25, -0.2) is 4.79 Å². The van der Waals surface area contributed by atoms with Crippen LogP contribution in [0.15, 0.2) is 20.8 Å². The molecule has 0 aliphatic carbocycles. The molecule has 3 N–H and O–H groups in total. The largest absolute Gasteiger partial charge is 0.394 e. The van der Waals surface area contributed by atoms with E-state index in [9.17, 15) is 14.7 Å². The minimum Gasteiger partial charge on any atom is -0.394 e. The first kappa shape index (κ1) is 12.3. The maximum Gasteiger partial charge on any atom is 0.330 e. The minimum atomic E-state index is -0.837. The number of hydrogen-bond acceptors (Lipinski definition) is 6. The molecule has 1 aromatic heterocycles. The number of nitrogens with one attached hydrogen (secondary N) is 1. The molecule has 0 unspecified atom stereocenters. The smallest absolute Gasteiger partial charge is 0.330 e. The molecule has 0 bridgehead atoms. The molecule has 8 heteroatoms. The quantitative estimate of drug-likeness (QED) is 0.584. The molecular weight excluding hydrogens is 254 g/mol. The van der Waals surface area contributed by atoms with Crippen molar-refractivity contribution in [1.29, 1.82) is 0 Å². The van der Waals surface area contributed by atoms with Gasteiger partial charge >= 0.3 is 5.69 Å². The molecule has 0 radical (unpaired) electrons. The average Bonchev–Trinajstić information content (AvgIpc) is 3.13. The van der Waals surface area contributed by atoms with Crippen LogP contribution in [-0.4, -0.2) is 50.8 Å². The number of aliphatic hydroxyl groups is 2. The lowest BCUT2D eigenvalue weighted by Gasteiger charge is -2.14. The number of ether oxygens (including phenoxy) is 1. The Balaban J connectivity index is 1.97. The lowest BCUT2D eigenvalue weighted by Crippen LogP contribution is -2.34. The van der Waals surface area contributed by atoms with Crippen molar-refractivity contribution in [3.05, 3.63) is 32.6 Å². The molecule has 19 heavy (non-hydrogen) atoms. The van der Waals surface area contributed by atoms with Gasteiger partial charge in [0.15, 0.2) is 0 Å². The Morgan fingerprint density at radius 3 is 2.84 bits per heavy atom. The van der Waals surface area contributed by atoms with Gasteiger partial charge in [-0.1, -0.05) is 0 Å². The molecule has 3 atom stereocenters. The summed E-state index contributed by atoms with van der Waals surface area (Å²) in [6.45, 7) is 0.171. The highest BCUT2D eigenvalue weighted by Crippen LogP contribution is 2.27. The monoisotopic (exact) mass is 267 g/mol. The fourth-order valence-corrected chi connectivity index (χ4v) is 2.16. The van der Waals surface area contributed by atoms with Gasteiger partial charge in [-0.15, -0.1) is 0 Å². The van der Waals surface area contributed by atoms with Crippen LogP contribution in [0.25, 0.3) is 0 Å². The normalized spacial score (nSPS) is 29.4. The van der Waals surface area contributed by atoms with E-state index < -0.39 is 29.7 Å². The van der Waals surface area contributed by atoms with E-state index in [0.29, 0.717) is 17.8 Å². The Morgan fingerprint density at radius 1 is 1.53 bits per heavy atom. The molecule has 0 saturated carbocycles. The highest BCUT2D eigenvalue weighted by atomic mass is 16.5. The van der Waals surface area contributed by atoms with Crippen molar-refractivity contribution in [2.45, 2.75) is 24.9 Å². The van der Waals surface area contributed by atoms with E-state index >= 15 is 0 Å². The predicted octanol–water partition coefficient (Wildman–Crippen LogP) is -2.02. The van der Waals surface area contributed by atoms with Crippen molar-refractivity contribution >= 4 is 5.71 Å². The van der Waals surface area contributed by atoms with Crippen LogP contribution in [0.3, 0.4) is 0 Å². The summed E-state index contributed by atoms with van der Waals surface area (Å²) in [7, 11) is 0. The molecule has 2 aliphatic rings. The summed E-state index contributed by atoms with van der Waals surface area (Å²) < 4.78 is 6.60. The third-order valence-corrected chi connectivity index (χ3v) is 3.29. The molecule has 0 aromatic carbocycles. The number of aliphatic hydroxyl groups excluding tert-OH is 2. The van der Waals surface area contributed by atoms with Crippen LogP contribution in [0.5, 0.6) is 0 Å². The third-order valence-electron chi connectivity index (χ3n) is 3.29. The van der Waals surface area contributed by atoms with Gasteiger partial charge < -0.3 is 14.9 Å². The van der Waals surface area contributed by atoms with Crippen LogP contribution in [0, 0.1) is 0 Å². The average molecular weight is 267 g/mol. The highest BCUT2D eigenvalue weighted by Gasteiger charge is 2.35. The third kappa shape index (κ3) is 2.14. The van der Waals surface area contributed by atoms with Gasteiger partial charge in [0, 0.05) is 12.6 Å². The first-order chi connectivity index (χ1) is 9.10. The molecule has 102 valence electrons. The van der Waals surface area contributed by atoms with Crippen molar-refractivity contribution < 1.29 is 14.9 Å². The Morgan fingerprint density at radius 2 is 2.26 bits per heavy atom. The number of nitrogens with zero attached hydrogens (tertiary/aromatic N) is 2. The van der Waals surface area contributed by atoms with Crippen molar-refractivity contribution in [2.75, 3.05) is 13.2 Å². The fraction of sp³-hybridized carbons (Fsp3) is 0.545. The van der Waals surface area contributed by atoms with E-state index in [1.165, 1.54) is 10.8 Å². The van der Waals surface area contributed by atoms with E-state index in [1.807, 2.05) is 0 Å². The summed E-state index contributed by atoms with van der Waals surface area (Å²) in [4.78, 5) is 29.5. The number of aliphatic imine (C=N–C) groups is 1. The zero-order valence-corrected chi connectivity index (χ0v) is 9.94. The van der Waals surface area contributed by atoms with Gasteiger partial charge in [-0.2, -0.15) is 0 Å². The van der Waals surface area contributed by atoms with E-state index in [0.717, 1.165) is 0 Å². The number of aromatic nitrogens is 2. The summed E-state index contributed by atoms with van der Waals surface area (Å²) in [6, 6.07) is 0. The van der Waals surface area contributed by atoms with E-state index in [1.54, 1.807) is 0 Å². The van der Waals surface area contributed by atoms with Gasteiger partial charge in [0.2, 0.25) is 0 Å². The Bertz CT molecular complexity index is 646. The zero-order valence-electron chi connectivity index (χ0n) is 9.94. The first-order valence-corrected chi connectivity index (χ1v) is 5.93. The van der Waals surface area contributed by atoms with E-state index in [4.69, 9.17) is 9.84 Å². The number of H-pyrrole nitrogens is 1. The standard InChI is InChI=1S/C11H13N3O5/c15-4-8-7(16)1-9(19-8)14-3-5(6-2-12-6)10(17)13-11(14)18/h3,7-9,15-16H,1-2,4H2,(H,13,17,18)/t7-,8+,9+/m0/s1. The molecule has 8 nitrogen and oxygen atoms in total. The summed E-state index contributed by atoms with van der Waals surface area (Å²) in [5.41, 5.74) is -0.0991. The molecule has 1 saturated heterocycles. The number of aromatic amines is 1. The summed E-state index contributed by atoms with van der Waals surface area (Å²) in [5.74, 6) is 0. The highest BCUT2D eigenvalue weighted by molar-refractivity contribution is 6.09. The molecule has 1 fully saturated rings. The topological polar surface area (TPSA) is 117 Å². The van der Waals surface area contributed by atoms with Gasteiger partial charge in [0.1, 0.15) is 12.3 Å². The summed E-state index contributed by atoms with van der Waals surface area (Å²) in [5, 5.41) is 18.7. The lowest BCUT2D eigenvalue weighted by atomic mass is 10.2. The van der Waals surface area contributed by atoms with Crippen LogP contribution in [-0.2, 0) is 4.74 Å². The first-order valence-electron chi connectivity index (χ1n) is 5.93. The fourth-order valence-electron chi connectivity index (χ4n) is 2.16. The second-order valence-electron chi connectivity index (χ2n) is 4.59. The van der Waals surface area contributed by atoms with Gasteiger partial charge in [-0.3, -0.25) is 19.3 Å². The van der Waals surface area contributed by atoms with Crippen molar-refractivity contribution in [3.63, 3.8) is 0 Å². The van der Waals surface area contributed by atoms with Crippen LogP contribution in [0.1, 0.15) is 18.2 Å². The maximum atomic E-state index is 11.8. The number of rotatable bonds is 3. The lowest BCUT2D eigenvalue weighted by molar-refractivity contribution is -0.0459. The SMILES string of the molecule is O=c1[nH]c(=O)n([C@H]2C[C@H](O)[C@@H](CO)O2)cc1C1=NC1. The van der Waals surface area contributed by atoms with Gasteiger partial charge in [-0.05, 0) is 0 Å². The molecule has 0 amide bonds.